The largest absolute Gasteiger partial charge is 0.310 e. The molecule has 3 rings (SSSR count). The Labute approximate surface area is 169 Å². The first-order valence-electron chi connectivity index (χ1n) is 8.15. The van der Waals surface area contributed by atoms with Gasteiger partial charge in [-0.25, -0.2) is 17.8 Å². The summed E-state index contributed by atoms with van der Waals surface area (Å²) in [5, 5.41) is 3.18. The zero-order valence-electron chi connectivity index (χ0n) is 14.0. The molecule has 1 N–H and O–H groups in total. The Balaban J connectivity index is 1.64. The molecule has 6 nitrogen and oxygen atoms in total. The molecule has 2 heterocycles. The minimum Gasteiger partial charge on any atom is -0.310 e. The number of benzene rings is 1. The quantitative estimate of drug-likeness (QED) is 0.730. The van der Waals surface area contributed by atoms with E-state index >= 15 is 0 Å². The van der Waals surface area contributed by atoms with Crippen molar-refractivity contribution in [2.75, 3.05) is 18.4 Å². The highest BCUT2D eigenvalue weighted by Gasteiger charge is 2.33. The van der Waals surface area contributed by atoms with Gasteiger partial charge in [0, 0.05) is 29.7 Å². The summed E-state index contributed by atoms with van der Waals surface area (Å²) in [7, 11) is -3.76. The minimum atomic E-state index is -3.76. The van der Waals surface area contributed by atoms with E-state index in [1.165, 1.54) is 16.6 Å². The number of halogens is 3. The van der Waals surface area contributed by atoms with Crippen LogP contribution in [0.2, 0.25) is 5.02 Å². The molecule has 10 heteroatoms. The van der Waals surface area contributed by atoms with E-state index in [0.717, 1.165) is 12.1 Å². The third-order valence-electron chi connectivity index (χ3n) is 4.32. The summed E-state index contributed by atoms with van der Waals surface area (Å²) in [6.07, 6.45) is 2.21. The number of piperidine rings is 1. The monoisotopic (exact) mass is 475 g/mol. The Morgan fingerprint density at radius 1 is 1.26 bits per heavy atom. The number of aromatic nitrogens is 1. The van der Waals surface area contributed by atoms with Gasteiger partial charge in [0.2, 0.25) is 15.9 Å². The zero-order chi connectivity index (χ0) is 19.6. The Morgan fingerprint density at radius 3 is 2.56 bits per heavy atom. The van der Waals surface area contributed by atoms with Crippen LogP contribution in [0.1, 0.15) is 12.8 Å². The molecule has 0 unspecified atom stereocenters. The summed E-state index contributed by atoms with van der Waals surface area (Å²) in [6.45, 7) is 0.413. The van der Waals surface area contributed by atoms with Crippen LogP contribution in [0.3, 0.4) is 0 Å². The second kappa shape index (κ2) is 8.22. The SMILES string of the molecule is O=C(Nc1ccc(Cl)cn1)C1CCN(S(=O)(=O)c2ccc(F)cc2Br)CC1. The van der Waals surface area contributed by atoms with Gasteiger partial charge < -0.3 is 5.32 Å². The van der Waals surface area contributed by atoms with Crippen LogP contribution >= 0.6 is 27.5 Å². The molecule has 27 heavy (non-hydrogen) atoms. The van der Waals surface area contributed by atoms with Crippen LogP contribution < -0.4 is 5.32 Å². The van der Waals surface area contributed by atoms with Crippen LogP contribution in [0, 0.1) is 11.7 Å². The van der Waals surface area contributed by atoms with Crippen LogP contribution in [-0.4, -0.2) is 36.7 Å². The Bertz CT molecular complexity index is 948. The van der Waals surface area contributed by atoms with E-state index in [-0.39, 0.29) is 34.3 Å². The number of carbonyl (C=O) groups is 1. The first kappa shape index (κ1) is 20.2. The van der Waals surface area contributed by atoms with Crippen molar-refractivity contribution in [2.45, 2.75) is 17.7 Å². The van der Waals surface area contributed by atoms with Crippen molar-refractivity contribution >= 4 is 49.3 Å². The van der Waals surface area contributed by atoms with E-state index < -0.39 is 15.8 Å². The first-order chi connectivity index (χ1) is 12.8. The highest BCUT2D eigenvalue weighted by Crippen LogP contribution is 2.29. The van der Waals surface area contributed by atoms with Gasteiger partial charge in [0.25, 0.3) is 0 Å². The fraction of sp³-hybridized carbons (Fsp3) is 0.294. The lowest BCUT2D eigenvalue weighted by atomic mass is 9.97. The van der Waals surface area contributed by atoms with E-state index in [0.29, 0.717) is 23.7 Å². The van der Waals surface area contributed by atoms with Crippen molar-refractivity contribution in [2.24, 2.45) is 5.92 Å². The third-order valence-corrected chi connectivity index (χ3v) is 7.41. The maximum Gasteiger partial charge on any atom is 0.244 e. The Kier molecular flexibility index (Phi) is 6.15. The second-order valence-electron chi connectivity index (χ2n) is 6.10. The number of amides is 1. The van der Waals surface area contributed by atoms with Gasteiger partial charge in [-0.15, -0.1) is 0 Å². The summed E-state index contributed by atoms with van der Waals surface area (Å²) in [5.41, 5.74) is 0. The summed E-state index contributed by atoms with van der Waals surface area (Å²) < 4.78 is 40.3. The van der Waals surface area contributed by atoms with E-state index in [2.05, 4.69) is 26.2 Å². The molecule has 1 aliphatic rings. The van der Waals surface area contributed by atoms with Gasteiger partial charge in [-0.1, -0.05) is 11.6 Å². The first-order valence-corrected chi connectivity index (χ1v) is 10.8. The van der Waals surface area contributed by atoms with E-state index in [1.54, 1.807) is 12.1 Å². The van der Waals surface area contributed by atoms with Crippen molar-refractivity contribution in [1.82, 2.24) is 9.29 Å². The van der Waals surface area contributed by atoms with Gasteiger partial charge in [0.05, 0.1) is 9.92 Å². The second-order valence-corrected chi connectivity index (χ2v) is 9.30. The number of hydrogen-bond donors (Lipinski definition) is 1. The highest BCUT2D eigenvalue weighted by atomic mass is 79.9. The third kappa shape index (κ3) is 4.66. The molecule has 0 radical (unpaired) electrons. The van der Waals surface area contributed by atoms with Gasteiger partial charge in [0.1, 0.15) is 11.6 Å². The average Bonchev–Trinajstić information content (AvgIpc) is 2.63. The molecule has 144 valence electrons. The predicted molar refractivity (Wildman–Crippen MR) is 103 cm³/mol. The van der Waals surface area contributed by atoms with Crippen LogP contribution in [0.5, 0.6) is 0 Å². The molecule has 0 atom stereocenters. The van der Waals surface area contributed by atoms with Crippen molar-refractivity contribution in [3.63, 3.8) is 0 Å². The molecule has 0 spiro atoms. The number of pyridine rings is 1. The number of carbonyl (C=O) groups excluding carboxylic acids is 1. The summed E-state index contributed by atoms with van der Waals surface area (Å²) >= 11 is 8.86. The average molecular weight is 477 g/mol. The van der Waals surface area contributed by atoms with Crippen molar-refractivity contribution in [3.8, 4) is 0 Å². The van der Waals surface area contributed by atoms with Crippen LogP contribution in [0.25, 0.3) is 0 Å². The number of anilines is 1. The Hall–Kier alpha value is -1.55. The summed E-state index contributed by atoms with van der Waals surface area (Å²) in [4.78, 5) is 16.4. The molecule has 2 aromatic rings. The molecule has 0 bridgehead atoms. The topological polar surface area (TPSA) is 79.4 Å². The van der Waals surface area contributed by atoms with Crippen molar-refractivity contribution < 1.29 is 17.6 Å². The fourth-order valence-corrected chi connectivity index (χ4v) is 5.45. The predicted octanol–water partition coefficient (Wildman–Crippen LogP) is 3.68. The molecule has 0 aliphatic carbocycles. The van der Waals surface area contributed by atoms with Gasteiger partial charge in [0.15, 0.2) is 0 Å². The van der Waals surface area contributed by atoms with E-state index in [1.807, 2.05) is 0 Å². The highest BCUT2D eigenvalue weighted by molar-refractivity contribution is 9.10. The van der Waals surface area contributed by atoms with Gasteiger partial charge in [-0.2, -0.15) is 4.31 Å². The molecule has 1 aromatic carbocycles. The Morgan fingerprint density at radius 2 is 1.96 bits per heavy atom. The molecular formula is C17H16BrClFN3O3S. The molecular weight excluding hydrogens is 461 g/mol. The van der Waals surface area contributed by atoms with Crippen molar-refractivity contribution in [1.29, 1.82) is 0 Å². The smallest absolute Gasteiger partial charge is 0.244 e. The minimum absolute atomic E-state index is 0.0113. The summed E-state index contributed by atoms with van der Waals surface area (Å²) in [6, 6.07) is 6.69. The van der Waals surface area contributed by atoms with E-state index in [4.69, 9.17) is 11.6 Å². The van der Waals surface area contributed by atoms with Gasteiger partial charge in [-0.05, 0) is 59.1 Å². The van der Waals surface area contributed by atoms with E-state index in [9.17, 15) is 17.6 Å². The molecule has 1 aromatic heterocycles. The molecule has 1 saturated heterocycles. The number of sulfonamides is 1. The van der Waals surface area contributed by atoms with Gasteiger partial charge in [-0.3, -0.25) is 4.79 Å². The summed E-state index contributed by atoms with van der Waals surface area (Å²) in [5.74, 6) is -0.642. The lowest BCUT2D eigenvalue weighted by Gasteiger charge is -2.30. The molecule has 1 fully saturated rings. The number of hydrogen-bond acceptors (Lipinski definition) is 4. The number of rotatable bonds is 4. The fourth-order valence-electron chi connectivity index (χ4n) is 2.86. The molecule has 0 saturated carbocycles. The van der Waals surface area contributed by atoms with Gasteiger partial charge >= 0.3 is 0 Å². The molecule has 1 amide bonds. The molecule has 1 aliphatic heterocycles. The number of nitrogens with zero attached hydrogens (tertiary/aromatic N) is 2. The van der Waals surface area contributed by atoms with Crippen LogP contribution in [0.4, 0.5) is 10.2 Å². The lowest BCUT2D eigenvalue weighted by Crippen LogP contribution is -2.41. The van der Waals surface area contributed by atoms with Crippen molar-refractivity contribution in [3.05, 3.63) is 51.8 Å². The number of nitrogens with one attached hydrogen (secondary N) is 1. The standard InChI is InChI=1S/C17H16BrClFN3O3S/c18-14-9-13(20)2-3-15(14)27(25,26)23-7-5-11(6-8-23)17(24)22-16-4-1-12(19)10-21-16/h1-4,9-11H,5-8H2,(H,21,22,24). The van der Waals surface area contributed by atoms with Crippen LogP contribution in [-0.2, 0) is 14.8 Å². The normalized spacial score (nSPS) is 16.3. The van der Waals surface area contributed by atoms with Crippen LogP contribution in [0.15, 0.2) is 45.9 Å². The maximum atomic E-state index is 13.2. The maximum absolute atomic E-state index is 13.2. The lowest BCUT2D eigenvalue weighted by molar-refractivity contribution is -0.120. The zero-order valence-corrected chi connectivity index (χ0v) is 17.2.